The van der Waals surface area contributed by atoms with Gasteiger partial charge in [0.2, 0.25) is 5.91 Å². The number of anilines is 1. The van der Waals surface area contributed by atoms with Gasteiger partial charge >= 0.3 is 0 Å². The number of rotatable bonds is 4. The van der Waals surface area contributed by atoms with Crippen molar-refractivity contribution in [3.05, 3.63) is 59.1 Å². The number of amides is 1. The zero-order valence-corrected chi connectivity index (χ0v) is 16.6. The summed E-state index contributed by atoms with van der Waals surface area (Å²) >= 11 is 7.27. The molecule has 2 heterocycles. The van der Waals surface area contributed by atoms with Gasteiger partial charge in [0.15, 0.2) is 11.0 Å². The highest BCUT2D eigenvalue weighted by atomic mass is 35.5. The number of nitrogens with one attached hydrogen (secondary N) is 1. The van der Waals surface area contributed by atoms with Crippen molar-refractivity contribution in [2.45, 2.75) is 31.0 Å². The van der Waals surface area contributed by atoms with Crippen LogP contribution >= 0.6 is 23.4 Å². The fraction of sp³-hybridized carbons (Fsp3) is 0.250. The van der Waals surface area contributed by atoms with Crippen molar-refractivity contribution in [2.24, 2.45) is 0 Å². The van der Waals surface area contributed by atoms with E-state index in [9.17, 15) is 4.79 Å². The zero-order valence-electron chi connectivity index (χ0n) is 15.1. The monoisotopic (exact) mass is 398 g/mol. The maximum atomic E-state index is 12.3. The van der Waals surface area contributed by atoms with Crippen LogP contribution in [0.25, 0.3) is 11.4 Å². The number of hydrogen-bond donors (Lipinski definition) is 1. The van der Waals surface area contributed by atoms with E-state index in [4.69, 9.17) is 11.6 Å². The second-order valence-corrected chi connectivity index (χ2v) is 8.51. The van der Waals surface area contributed by atoms with Crippen molar-refractivity contribution in [1.29, 1.82) is 0 Å². The van der Waals surface area contributed by atoms with Gasteiger partial charge in [-0.1, -0.05) is 47.6 Å². The van der Waals surface area contributed by atoms with Crippen LogP contribution in [0.15, 0.2) is 53.7 Å². The number of thioether (sulfide) groups is 1. The highest BCUT2D eigenvalue weighted by molar-refractivity contribution is 7.99. The fourth-order valence-corrected chi connectivity index (χ4v) is 4.40. The number of fused-ring (bicyclic) bond motifs is 3. The van der Waals surface area contributed by atoms with E-state index < -0.39 is 0 Å². The second kappa shape index (κ2) is 7.02. The first-order valence-electron chi connectivity index (χ1n) is 8.66. The molecule has 138 valence electrons. The van der Waals surface area contributed by atoms with E-state index in [2.05, 4.69) is 52.1 Å². The first-order valence-corrected chi connectivity index (χ1v) is 10.0. The van der Waals surface area contributed by atoms with Gasteiger partial charge < -0.3 is 5.32 Å². The molecule has 7 heteroatoms. The largest absolute Gasteiger partial charge is 0.325 e. The number of carbonyl (C=O) groups excluding carboxylic acids is 1. The van der Waals surface area contributed by atoms with E-state index in [1.807, 2.05) is 6.07 Å². The molecular weight excluding hydrogens is 380 g/mol. The lowest BCUT2D eigenvalue weighted by molar-refractivity contribution is -0.113. The van der Waals surface area contributed by atoms with Crippen LogP contribution < -0.4 is 5.32 Å². The highest BCUT2D eigenvalue weighted by Crippen LogP contribution is 2.39. The Hall–Kier alpha value is -2.31. The topological polar surface area (TPSA) is 59.8 Å². The summed E-state index contributed by atoms with van der Waals surface area (Å²) in [5.74, 6) is 1.04. The quantitative estimate of drug-likeness (QED) is 0.651. The third kappa shape index (κ3) is 3.59. The molecule has 3 aromatic rings. The van der Waals surface area contributed by atoms with Crippen LogP contribution in [0.1, 0.15) is 19.4 Å². The minimum Gasteiger partial charge on any atom is -0.325 e. The summed E-state index contributed by atoms with van der Waals surface area (Å²) in [6.07, 6.45) is 0.902. The molecule has 0 spiro atoms. The van der Waals surface area contributed by atoms with E-state index in [0.29, 0.717) is 5.02 Å². The Bertz CT molecular complexity index is 997. The summed E-state index contributed by atoms with van der Waals surface area (Å²) in [6, 6.07) is 15.3. The van der Waals surface area contributed by atoms with E-state index >= 15 is 0 Å². The van der Waals surface area contributed by atoms with Crippen LogP contribution in [0.2, 0.25) is 5.02 Å². The van der Waals surface area contributed by atoms with Crippen LogP contribution in [0.3, 0.4) is 0 Å². The first kappa shape index (κ1) is 18.1. The Balaban J connectivity index is 1.52. The van der Waals surface area contributed by atoms with Crippen molar-refractivity contribution in [3.63, 3.8) is 0 Å². The molecule has 0 saturated carbocycles. The molecule has 2 aromatic carbocycles. The van der Waals surface area contributed by atoms with Crippen molar-refractivity contribution >= 4 is 35.0 Å². The van der Waals surface area contributed by atoms with E-state index in [1.54, 1.807) is 24.3 Å². The third-order valence-electron chi connectivity index (χ3n) is 4.58. The van der Waals surface area contributed by atoms with Crippen molar-refractivity contribution in [3.8, 4) is 11.4 Å². The summed E-state index contributed by atoms with van der Waals surface area (Å²) in [4.78, 5) is 12.3. The summed E-state index contributed by atoms with van der Waals surface area (Å²) in [7, 11) is 0. The summed E-state index contributed by atoms with van der Waals surface area (Å²) in [5.41, 5.74) is 2.96. The predicted octanol–water partition coefficient (Wildman–Crippen LogP) is 4.62. The number of carbonyl (C=O) groups is 1. The second-order valence-electron chi connectivity index (χ2n) is 7.13. The average molecular weight is 399 g/mol. The highest BCUT2D eigenvalue weighted by Gasteiger charge is 2.34. The number of aromatic nitrogens is 3. The van der Waals surface area contributed by atoms with Crippen LogP contribution in [0, 0.1) is 0 Å². The number of nitrogens with zero attached hydrogens (tertiary/aromatic N) is 3. The average Bonchev–Trinajstić information content (AvgIpc) is 3.07. The standard InChI is InChI=1S/C20H19ClN4OS/c1-20(2)11-13-5-3-4-6-16(13)18-23-24-19(25(18)20)27-12-17(26)22-15-9-7-14(21)8-10-15/h3-10H,11-12H2,1-2H3,(H,22,26). The number of halogens is 1. The Morgan fingerprint density at radius 2 is 1.93 bits per heavy atom. The van der Waals surface area contributed by atoms with Gasteiger partial charge in [0.05, 0.1) is 5.75 Å². The molecule has 1 aliphatic heterocycles. The smallest absolute Gasteiger partial charge is 0.234 e. The van der Waals surface area contributed by atoms with Gasteiger partial charge in [-0.15, -0.1) is 10.2 Å². The number of hydrogen-bond acceptors (Lipinski definition) is 4. The maximum absolute atomic E-state index is 12.3. The normalized spacial score (nSPS) is 14.3. The molecule has 27 heavy (non-hydrogen) atoms. The molecule has 1 aliphatic rings. The van der Waals surface area contributed by atoms with Crippen molar-refractivity contribution in [1.82, 2.24) is 14.8 Å². The lowest BCUT2D eigenvalue weighted by atomic mass is 9.87. The fourth-order valence-electron chi connectivity index (χ4n) is 3.38. The van der Waals surface area contributed by atoms with Crippen LogP contribution in [0.4, 0.5) is 5.69 Å². The van der Waals surface area contributed by atoms with Gasteiger partial charge in [-0.3, -0.25) is 9.36 Å². The van der Waals surface area contributed by atoms with Gasteiger partial charge in [0.25, 0.3) is 0 Å². The molecule has 1 amide bonds. The molecule has 0 atom stereocenters. The SMILES string of the molecule is CC1(C)Cc2ccccc2-c2nnc(SCC(=O)Nc3ccc(Cl)cc3)n21. The molecule has 1 N–H and O–H groups in total. The Morgan fingerprint density at radius 3 is 2.70 bits per heavy atom. The van der Waals surface area contributed by atoms with Gasteiger partial charge in [0, 0.05) is 21.8 Å². The van der Waals surface area contributed by atoms with Crippen LogP contribution in [0.5, 0.6) is 0 Å². The lowest BCUT2D eigenvalue weighted by Crippen LogP contribution is -2.33. The molecule has 0 fully saturated rings. The predicted molar refractivity (Wildman–Crippen MR) is 109 cm³/mol. The molecule has 0 unspecified atom stereocenters. The van der Waals surface area contributed by atoms with E-state index in [0.717, 1.165) is 28.7 Å². The molecule has 5 nitrogen and oxygen atoms in total. The van der Waals surface area contributed by atoms with Crippen molar-refractivity contribution < 1.29 is 4.79 Å². The minimum atomic E-state index is -0.151. The van der Waals surface area contributed by atoms with Crippen LogP contribution in [-0.4, -0.2) is 26.4 Å². The molecule has 4 rings (SSSR count). The molecule has 1 aromatic heterocycles. The molecular formula is C20H19ClN4OS. The summed E-state index contributed by atoms with van der Waals surface area (Å²) < 4.78 is 2.15. The molecule has 0 radical (unpaired) electrons. The third-order valence-corrected chi connectivity index (χ3v) is 5.76. The minimum absolute atomic E-state index is 0.0892. The van der Waals surface area contributed by atoms with E-state index in [-0.39, 0.29) is 17.2 Å². The Kier molecular flexibility index (Phi) is 4.70. The molecule has 0 bridgehead atoms. The van der Waals surface area contributed by atoms with Gasteiger partial charge in [0.1, 0.15) is 0 Å². The summed E-state index contributed by atoms with van der Waals surface area (Å²) in [5, 5.41) is 13.0. The Labute approximate surface area is 167 Å². The van der Waals surface area contributed by atoms with Gasteiger partial charge in [-0.2, -0.15) is 0 Å². The van der Waals surface area contributed by atoms with E-state index in [1.165, 1.54) is 17.3 Å². The summed E-state index contributed by atoms with van der Waals surface area (Å²) in [6.45, 7) is 4.35. The van der Waals surface area contributed by atoms with Gasteiger partial charge in [-0.25, -0.2) is 0 Å². The lowest BCUT2D eigenvalue weighted by Gasteiger charge is -2.34. The number of benzene rings is 2. The Morgan fingerprint density at radius 1 is 1.19 bits per heavy atom. The maximum Gasteiger partial charge on any atom is 0.234 e. The zero-order chi connectivity index (χ0) is 19.0. The van der Waals surface area contributed by atoms with Gasteiger partial charge in [-0.05, 0) is 50.1 Å². The van der Waals surface area contributed by atoms with Crippen molar-refractivity contribution in [2.75, 3.05) is 11.1 Å². The molecule has 0 aliphatic carbocycles. The first-order chi connectivity index (χ1) is 12.9. The van der Waals surface area contributed by atoms with Crippen LogP contribution in [-0.2, 0) is 16.8 Å². The molecule has 0 saturated heterocycles.